The Morgan fingerprint density at radius 3 is 2.47 bits per heavy atom. The monoisotopic (exact) mass is 278 g/mol. The molecule has 1 heterocycles. The number of hydrogen-bond donors (Lipinski definition) is 1. The van der Waals surface area contributed by atoms with E-state index < -0.39 is 11.9 Å². The number of aromatic nitrogens is 2. The molecule has 0 atom stereocenters. The average Bonchev–Trinajstić information content (AvgIpc) is 2.60. The van der Waals surface area contributed by atoms with Crippen LogP contribution in [0, 0.1) is 4.64 Å². The summed E-state index contributed by atoms with van der Waals surface area (Å²) < 4.78 is 38.6. The summed E-state index contributed by atoms with van der Waals surface area (Å²) in [6.07, 6.45) is -4.45. The molecule has 0 aliphatic carbocycles. The van der Waals surface area contributed by atoms with Crippen molar-refractivity contribution in [2.75, 3.05) is 0 Å². The van der Waals surface area contributed by atoms with Gasteiger partial charge in [0.05, 0.1) is 5.69 Å². The van der Waals surface area contributed by atoms with Crippen molar-refractivity contribution in [1.82, 2.24) is 9.78 Å². The average molecular weight is 279 g/mol. The third-order valence-electron chi connectivity index (χ3n) is 2.09. The van der Waals surface area contributed by atoms with Gasteiger partial charge in [0.15, 0.2) is 0 Å². The third-order valence-corrected chi connectivity index (χ3v) is 2.63. The van der Waals surface area contributed by atoms with E-state index in [2.05, 4.69) is 5.10 Å². The van der Waals surface area contributed by atoms with E-state index in [0.29, 0.717) is 10.7 Å². The van der Waals surface area contributed by atoms with Crippen molar-refractivity contribution < 1.29 is 13.2 Å². The molecule has 17 heavy (non-hydrogen) atoms. The maximum Gasteiger partial charge on any atom is 0.432 e. The number of nitrogens with one attached hydrogen (secondary N) is 1. The zero-order valence-corrected chi connectivity index (χ0v) is 9.83. The van der Waals surface area contributed by atoms with Crippen LogP contribution >= 0.6 is 23.8 Å². The zero-order chi connectivity index (χ0) is 12.6. The van der Waals surface area contributed by atoms with Crippen LogP contribution in [-0.2, 0) is 6.18 Å². The second-order valence-corrected chi connectivity index (χ2v) is 4.18. The van der Waals surface area contributed by atoms with Crippen LogP contribution in [0.1, 0.15) is 5.69 Å². The highest BCUT2D eigenvalue weighted by Gasteiger charge is 2.33. The first-order chi connectivity index (χ1) is 7.88. The first-order valence-corrected chi connectivity index (χ1v) is 5.32. The third kappa shape index (κ3) is 2.53. The summed E-state index contributed by atoms with van der Waals surface area (Å²) in [5.74, 6) is 0. The van der Waals surface area contributed by atoms with Crippen molar-refractivity contribution in [2.45, 2.75) is 6.18 Å². The predicted octanol–water partition coefficient (Wildman–Crippen LogP) is 4.21. The SMILES string of the molecule is FC(F)(F)c1cc(=S)n(-c2cccc(Cl)c2)[nH]1. The second-order valence-electron chi connectivity index (χ2n) is 3.32. The fourth-order valence-corrected chi connectivity index (χ4v) is 1.80. The number of rotatable bonds is 1. The van der Waals surface area contributed by atoms with Crippen LogP contribution in [0.15, 0.2) is 30.3 Å². The highest BCUT2D eigenvalue weighted by molar-refractivity contribution is 7.71. The quantitative estimate of drug-likeness (QED) is 0.775. The maximum atomic E-state index is 12.5. The topological polar surface area (TPSA) is 20.7 Å². The molecule has 0 aliphatic heterocycles. The smallest absolute Gasteiger partial charge is 0.288 e. The van der Waals surface area contributed by atoms with Crippen molar-refractivity contribution in [1.29, 1.82) is 0 Å². The molecule has 0 saturated heterocycles. The van der Waals surface area contributed by atoms with Crippen LogP contribution < -0.4 is 0 Å². The van der Waals surface area contributed by atoms with Crippen molar-refractivity contribution >= 4 is 23.8 Å². The first kappa shape index (κ1) is 12.2. The largest absolute Gasteiger partial charge is 0.432 e. The van der Waals surface area contributed by atoms with Gasteiger partial charge < -0.3 is 0 Å². The number of aromatic amines is 1. The summed E-state index contributed by atoms with van der Waals surface area (Å²) in [6.45, 7) is 0. The van der Waals surface area contributed by atoms with Crippen LogP contribution in [0.2, 0.25) is 5.02 Å². The van der Waals surface area contributed by atoms with E-state index in [1.165, 1.54) is 6.07 Å². The number of H-pyrrole nitrogens is 1. The molecule has 2 nitrogen and oxygen atoms in total. The summed E-state index contributed by atoms with van der Waals surface area (Å²) in [4.78, 5) is 0. The van der Waals surface area contributed by atoms with Gasteiger partial charge in [0, 0.05) is 11.1 Å². The van der Waals surface area contributed by atoms with E-state index in [-0.39, 0.29) is 4.64 Å². The first-order valence-electron chi connectivity index (χ1n) is 4.53. The molecular formula is C10H6ClF3N2S. The van der Waals surface area contributed by atoms with Gasteiger partial charge in [-0.05, 0) is 18.2 Å². The maximum absolute atomic E-state index is 12.5. The number of alkyl halides is 3. The Morgan fingerprint density at radius 2 is 1.94 bits per heavy atom. The minimum absolute atomic E-state index is 0.0413. The van der Waals surface area contributed by atoms with E-state index in [1.807, 2.05) is 0 Å². The van der Waals surface area contributed by atoms with Crippen molar-refractivity contribution in [3.63, 3.8) is 0 Å². The van der Waals surface area contributed by atoms with E-state index in [9.17, 15) is 13.2 Å². The molecule has 1 aromatic heterocycles. The van der Waals surface area contributed by atoms with E-state index in [0.717, 1.165) is 10.7 Å². The number of halogens is 4. The standard InChI is InChI=1S/C10H6ClF3N2S/c11-6-2-1-3-7(4-6)16-9(17)5-8(15-16)10(12,13)14/h1-5,15H. The van der Waals surface area contributed by atoms with Crippen molar-refractivity contribution in [3.05, 3.63) is 45.7 Å². The van der Waals surface area contributed by atoms with Gasteiger partial charge in [-0.1, -0.05) is 29.9 Å². The van der Waals surface area contributed by atoms with E-state index >= 15 is 0 Å². The molecule has 0 fully saturated rings. The van der Waals surface area contributed by atoms with E-state index in [4.69, 9.17) is 23.8 Å². The normalized spacial score (nSPS) is 11.8. The van der Waals surface area contributed by atoms with E-state index in [1.54, 1.807) is 18.2 Å². The molecule has 2 aromatic rings. The van der Waals surface area contributed by atoms with Gasteiger partial charge in [-0.15, -0.1) is 0 Å². The lowest BCUT2D eigenvalue weighted by Gasteiger charge is -2.05. The molecule has 2 rings (SSSR count). The summed E-state index contributed by atoms with van der Waals surface area (Å²) in [5, 5.41) is 2.62. The van der Waals surface area contributed by atoms with Gasteiger partial charge in [-0.3, -0.25) is 5.10 Å². The Kier molecular flexibility index (Phi) is 3.01. The molecular weight excluding hydrogens is 273 g/mol. The van der Waals surface area contributed by atoms with Crippen LogP contribution in [0.4, 0.5) is 13.2 Å². The highest BCUT2D eigenvalue weighted by Crippen LogP contribution is 2.28. The van der Waals surface area contributed by atoms with Crippen molar-refractivity contribution in [3.8, 4) is 5.69 Å². The number of benzene rings is 1. The molecule has 0 aliphatic rings. The molecule has 0 spiro atoms. The summed E-state index contributed by atoms with van der Waals surface area (Å²) in [6, 6.07) is 7.26. The van der Waals surface area contributed by atoms with Crippen LogP contribution in [0.5, 0.6) is 0 Å². The van der Waals surface area contributed by atoms with Crippen molar-refractivity contribution in [2.24, 2.45) is 0 Å². The van der Waals surface area contributed by atoms with Crippen LogP contribution in [0.25, 0.3) is 5.69 Å². The van der Waals surface area contributed by atoms with Gasteiger partial charge in [-0.25, -0.2) is 4.68 Å². The Balaban J connectivity index is 2.54. The zero-order valence-electron chi connectivity index (χ0n) is 8.25. The van der Waals surface area contributed by atoms with Crippen LogP contribution in [-0.4, -0.2) is 9.78 Å². The van der Waals surface area contributed by atoms with Gasteiger partial charge in [0.1, 0.15) is 10.3 Å². The lowest BCUT2D eigenvalue weighted by atomic mass is 10.3. The van der Waals surface area contributed by atoms with Gasteiger partial charge in [-0.2, -0.15) is 13.2 Å². The molecule has 7 heteroatoms. The second kappa shape index (κ2) is 4.19. The minimum atomic E-state index is -4.45. The highest BCUT2D eigenvalue weighted by atomic mass is 35.5. The van der Waals surface area contributed by atoms with Gasteiger partial charge in [0.25, 0.3) is 0 Å². The summed E-state index contributed by atoms with van der Waals surface area (Å²) in [5.41, 5.74) is -0.430. The van der Waals surface area contributed by atoms with Gasteiger partial charge >= 0.3 is 6.18 Å². The molecule has 0 amide bonds. The Hall–Kier alpha value is -1.27. The lowest BCUT2D eigenvalue weighted by molar-refractivity contribution is -0.141. The fourth-order valence-electron chi connectivity index (χ4n) is 1.35. The molecule has 0 saturated carbocycles. The summed E-state index contributed by atoms with van der Waals surface area (Å²) >= 11 is 10.6. The molecule has 1 aromatic carbocycles. The molecule has 90 valence electrons. The summed E-state index contributed by atoms with van der Waals surface area (Å²) in [7, 11) is 0. The molecule has 0 unspecified atom stereocenters. The number of nitrogens with zero attached hydrogens (tertiary/aromatic N) is 1. The van der Waals surface area contributed by atoms with Crippen LogP contribution in [0.3, 0.4) is 0 Å². The molecule has 0 bridgehead atoms. The molecule has 1 N–H and O–H groups in total. The Labute approximate surface area is 105 Å². The lowest BCUT2D eigenvalue weighted by Crippen LogP contribution is -2.07. The van der Waals surface area contributed by atoms with Gasteiger partial charge in [0.2, 0.25) is 0 Å². The number of hydrogen-bond acceptors (Lipinski definition) is 1. The Bertz CT molecular complexity index is 600. The Morgan fingerprint density at radius 1 is 1.24 bits per heavy atom. The minimum Gasteiger partial charge on any atom is -0.288 e. The predicted molar refractivity (Wildman–Crippen MR) is 61.0 cm³/mol. The fraction of sp³-hybridized carbons (Fsp3) is 0.100. The molecule has 0 radical (unpaired) electrons.